The molecule has 3 amide bonds. The zero-order valence-corrected chi connectivity index (χ0v) is 15.6. The van der Waals surface area contributed by atoms with Crippen molar-refractivity contribution in [2.75, 3.05) is 39.6 Å². The topological polar surface area (TPSA) is 74.4 Å². The highest BCUT2D eigenvalue weighted by molar-refractivity contribution is 6.04. The lowest BCUT2D eigenvalue weighted by Gasteiger charge is -2.36. The van der Waals surface area contributed by atoms with Crippen LogP contribution in [0.1, 0.15) is 25.3 Å². The number of rotatable bonds is 6. The molecule has 0 aromatic heterocycles. The van der Waals surface area contributed by atoms with E-state index in [2.05, 4.69) is 21.2 Å². The number of hydrogen-bond acceptors (Lipinski definition) is 6. The second-order valence-electron chi connectivity index (χ2n) is 7.28. The van der Waals surface area contributed by atoms with E-state index >= 15 is 0 Å². The maximum absolute atomic E-state index is 12.4. The summed E-state index contributed by atoms with van der Waals surface area (Å²) in [6, 6.07) is 5.45. The number of urea groups is 1. The summed E-state index contributed by atoms with van der Waals surface area (Å²) in [6.07, 6.45) is 1.58. The van der Waals surface area contributed by atoms with E-state index in [9.17, 15) is 9.59 Å². The average Bonchev–Trinajstić information content (AvgIpc) is 3.23. The van der Waals surface area contributed by atoms with Gasteiger partial charge in [0.2, 0.25) is 6.79 Å². The fourth-order valence-electron chi connectivity index (χ4n) is 3.78. The number of carbonyl (C=O) groups is 2. The summed E-state index contributed by atoms with van der Waals surface area (Å²) in [5, 5.41) is 2.78. The molecule has 2 saturated heterocycles. The predicted molar refractivity (Wildman–Crippen MR) is 98.4 cm³/mol. The van der Waals surface area contributed by atoms with E-state index in [1.165, 1.54) is 10.5 Å². The molecule has 8 nitrogen and oxygen atoms in total. The first-order chi connectivity index (χ1) is 13.1. The van der Waals surface area contributed by atoms with Crippen LogP contribution in [0.25, 0.3) is 0 Å². The van der Waals surface area contributed by atoms with Crippen LogP contribution in [0, 0.1) is 0 Å². The number of fused-ring (bicyclic) bond motifs is 1. The molecule has 0 spiro atoms. The fraction of sp³-hybridized carbons (Fsp3) is 0.579. The van der Waals surface area contributed by atoms with Crippen LogP contribution in [0.4, 0.5) is 4.79 Å². The summed E-state index contributed by atoms with van der Waals surface area (Å²) in [5.41, 5.74) is 1.20. The molecule has 0 saturated carbocycles. The minimum absolute atomic E-state index is 0.0929. The standard InChI is InChI=1S/C19H26N4O4/c1-2-3-15-18(24)23(19(25)20-15)12-22-8-6-21(7-9-22)11-14-4-5-16-17(10-14)27-13-26-16/h4-5,10,15H,2-3,6-9,11-13H2,1H3,(H,20,25)/t15-/m1/s1. The van der Waals surface area contributed by atoms with E-state index in [4.69, 9.17) is 9.47 Å². The fourth-order valence-corrected chi connectivity index (χ4v) is 3.78. The number of benzene rings is 1. The molecule has 0 aliphatic carbocycles. The summed E-state index contributed by atoms with van der Waals surface area (Å²) in [5.74, 6) is 1.52. The summed E-state index contributed by atoms with van der Waals surface area (Å²) in [4.78, 5) is 30.3. The number of piperazine rings is 1. The molecule has 146 valence electrons. The van der Waals surface area contributed by atoms with Gasteiger partial charge in [-0.25, -0.2) is 9.69 Å². The first-order valence-electron chi connectivity index (χ1n) is 9.59. The zero-order valence-electron chi connectivity index (χ0n) is 15.6. The molecular weight excluding hydrogens is 348 g/mol. The number of ether oxygens (including phenoxy) is 2. The normalized spacial score (nSPS) is 23.1. The van der Waals surface area contributed by atoms with Gasteiger partial charge in [0.15, 0.2) is 11.5 Å². The Morgan fingerprint density at radius 3 is 2.59 bits per heavy atom. The smallest absolute Gasteiger partial charge is 0.325 e. The Balaban J connectivity index is 1.27. The summed E-state index contributed by atoms with van der Waals surface area (Å²) < 4.78 is 10.8. The lowest BCUT2D eigenvalue weighted by Crippen LogP contribution is -2.51. The summed E-state index contributed by atoms with van der Waals surface area (Å²) in [7, 11) is 0. The summed E-state index contributed by atoms with van der Waals surface area (Å²) >= 11 is 0. The van der Waals surface area contributed by atoms with Gasteiger partial charge in [0, 0.05) is 32.7 Å². The van der Waals surface area contributed by atoms with Gasteiger partial charge in [-0.1, -0.05) is 19.4 Å². The quantitative estimate of drug-likeness (QED) is 0.755. The Morgan fingerprint density at radius 1 is 1.07 bits per heavy atom. The minimum atomic E-state index is -0.352. The first kappa shape index (κ1) is 18.1. The largest absolute Gasteiger partial charge is 0.454 e. The van der Waals surface area contributed by atoms with Crippen molar-refractivity contribution in [2.45, 2.75) is 32.4 Å². The van der Waals surface area contributed by atoms with Gasteiger partial charge >= 0.3 is 6.03 Å². The van der Waals surface area contributed by atoms with E-state index in [1.807, 2.05) is 19.1 Å². The van der Waals surface area contributed by atoms with Crippen LogP contribution < -0.4 is 14.8 Å². The molecular formula is C19H26N4O4. The van der Waals surface area contributed by atoms with Gasteiger partial charge in [-0.2, -0.15) is 0 Å². The SMILES string of the molecule is CCC[C@H]1NC(=O)N(CN2CCN(Cc3ccc4c(c3)OCO4)CC2)C1=O. The molecule has 3 heterocycles. The molecule has 2 fully saturated rings. The summed E-state index contributed by atoms with van der Waals surface area (Å²) in [6.45, 7) is 7.00. The highest BCUT2D eigenvalue weighted by Gasteiger charge is 2.38. The van der Waals surface area contributed by atoms with E-state index in [-0.39, 0.29) is 18.0 Å². The van der Waals surface area contributed by atoms with E-state index < -0.39 is 0 Å². The molecule has 8 heteroatoms. The van der Waals surface area contributed by atoms with Gasteiger partial charge in [0.25, 0.3) is 5.91 Å². The minimum Gasteiger partial charge on any atom is -0.454 e. The van der Waals surface area contributed by atoms with Crippen molar-refractivity contribution >= 4 is 11.9 Å². The van der Waals surface area contributed by atoms with Gasteiger partial charge in [-0.3, -0.25) is 14.6 Å². The molecule has 3 aliphatic rings. The van der Waals surface area contributed by atoms with Crippen LogP contribution in [-0.4, -0.2) is 72.3 Å². The number of amides is 3. The molecule has 1 aromatic carbocycles. The Kier molecular flexibility index (Phi) is 5.18. The van der Waals surface area contributed by atoms with Crippen LogP contribution in [0.5, 0.6) is 11.5 Å². The second kappa shape index (κ2) is 7.74. The van der Waals surface area contributed by atoms with Crippen molar-refractivity contribution in [3.63, 3.8) is 0 Å². The second-order valence-corrected chi connectivity index (χ2v) is 7.28. The molecule has 0 radical (unpaired) electrons. The van der Waals surface area contributed by atoms with Crippen molar-refractivity contribution in [3.05, 3.63) is 23.8 Å². The average molecular weight is 374 g/mol. The van der Waals surface area contributed by atoms with Crippen molar-refractivity contribution in [3.8, 4) is 11.5 Å². The van der Waals surface area contributed by atoms with E-state index in [1.54, 1.807) is 0 Å². The number of hydrogen-bond donors (Lipinski definition) is 1. The highest BCUT2D eigenvalue weighted by atomic mass is 16.7. The van der Waals surface area contributed by atoms with Crippen molar-refractivity contribution in [1.29, 1.82) is 0 Å². The number of carbonyl (C=O) groups excluding carboxylic acids is 2. The highest BCUT2D eigenvalue weighted by Crippen LogP contribution is 2.32. The molecule has 3 aliphatic heterocycles. The lowest BCUT2D eigenvalue weighted by atomic mass is 10.1. The Morgan fingerprint density at radius 2 is 1.81 bits per heavy atom. The maximum atomic E-state index is 12.4. The first-order valence-corrected chi connectivity index (χ1v) is 9.59. The Labute approximate surface area is 159 Å². The third-order valence-electron chi connectivity index (χ3n) is 5.33. The Hall–Kier alpha value is -2.32. The van der Waals surface area contributed by atoms with Crippen LogP contribution in [0.2, 0.25) is 0 Å². The van der Waals surface area contributed by atoms with Crippen LogP contribution in [-0.2, 0) is 11.3 Å². The lowest BCUT2D eigenvalue weighted by molar-refractivity contribution is -0.129. The van der Waals surface area contributed by atoms with Gasteiger partial charge in [0.05, 0.1) is 6.67 Å². The number of imide groups is 1. The van der Waals surface area contributed by atoms with Gasteiger partial charge in [-0.15, -0.1) is 0 Å². The molecule has 0 bridgehead atoms. The Bertz CT molecular complexity index is 718. The van der Waals surface area contributed by atoms with Gasteiger partial charge < -0.3 is 14.8 Å². The third-order valence-corrected chi connectivity index (χ3v) is 5.33. The monoisotopic (exact) mass is 374 g/mol. The number of nitrogens with one attached hydrogen (secondary N) is 1. The van der Waals surface area contributed by atoms with Crippen molar-refractivity contribution < 1.29 is 19.1 Å². The van der Waals surface area contributed by atoms with Crippen LogP contribution in [0.3, 0.4) is 0 Å². The molecule has 27 heavy (non-hydrogen) atoms. The van der Waals surface area contributed by atoms with E-state index in [0.29, 0.717) is 19.9 Å². The third kappa shape index (κ3) is 3.86. The van der Waals surface area contributed by atoms with Crippen LogP contribution in [0.15, 0.2) is 18.2 Å². The molecule has 0 unspecified atom stereocenters. The van der Waals surface area contributed by atoms with Crippen molar-refractivity contribution in [1.82, 2.24) is 20.0 Å². The molecule has 1 aromatic rings. The van der Waals surface area contributed by atoms with Gasteiger partial charge in [0.1, 0.15) is 6.04 Å². The van der Waals surface area contributed by atoms with Crippen molar-refractivity contribution in [2.24, 2.45) is 0 Å². The van der Waals surface area contributed by atoms with Gasteiger partial charge in [-0.05, 0) is 24.1 Å². The number of nitrogens with zero attached hydrogens (tertiary/aromatic N) is 3. The predicted octanol–water partition coefficient (Wildman–Crippen LogP) is 1.21. The maximum Gasteiger partial charge on any atom is 0.325 e. The molecule has 1 N–H and O–H groups in total. The van der Waals surface area contributed by atoms with Crippen LogP contribution >= 0.6 is 0 Å². The molecule has 4 rings (SSSR count). The molecule has 1 atom stereocenters. The van der Waals surface area contributed by atoms with E-state index in [0.717, 1.165) is 50.6 Å². The zero-order chi connectivity index (χ0) is 18.8.